The molecule has 1 amide bonds. The van der Waals surface area contributed by atoms with Crippen molar-refractivity contribution in [3.05, 3.63) is 55.3 Å². The van der Waals surface area contributed by atoms with Gasteiger partial charge >= 0.3 is 5.97 Å². The molecule has 2 aromatic carbocycles. The lowest BCUT2D eigenvalue weighted by atomic mass is 10.2. The van der Waals surface area contributed by atoms with Gasteiger partial charge in [0.05, 0.1) is 27.2 Å². The lowest BCUT2D eigenvalue weighted by molar-refractivity contribution is -0.139. The van der Waals surface area contributed by atoms with E-state index in [0.717, 1.165) is 11.8 Å². The van der Waals surface area contributed by atoms with E-state index >= 15 is 0 Å². The van der Waals surface area contributed by atoms with E-state index < -0.39 is 12.6 Å². The number of carbonyl (C=O) groups excluding carboxylic acids is 1. The second-order valence-electron chi connectivity index (χ2n) is 5.79. The molecule has 1 saturated heterocycles. The fourth-order valence-electron chi connectivity index (χ4n) is 2.41. The molecule has 0 saturated carbocycles. The Balaban J connectivity index is 1.87. The molecule has 0 aromatic heterocycles. The number of hydrogen-bond donors (Lipinski definition) is 2. The van der Waals surface area contributed by atoms with Crippen LogP contribution >= 0.6 is 50.9 Å². The topological polar surface area (TPSA) is 97.2 Å². The van der Waals surface area contributed by atoms with Crippen molar-refractivity contribution >= 4 is 79.7 Å². The zero-order valence-electron chi connectivity index (χ0n) is 15.2. The average Bonchev–Trinajstić information content (AvgIpc) is 3.02. The molecule has 0 radical (unpaired) electrons. The Labute approximate surface area is 194 Å². The van der Waals surface area contributed by atoms with E-state index in [9.17, 15) is 9.59 Å². The summed E-state index contributed by atoms with van der Waals surface area (Å²) in [5.41, 5.74) is 1.08. The number of amides is 1. The molecule has 0 atom stereocenters. The number of aliphatic imine (C=N–C) groups is 1. The largest absolute Gasteiger partial charge is 0.493 e. The predicted octanol–water partition coefficient (Wildman–Crippen LogP) is 5.12. The number of nitrogens with zero attached hydrogens (tertiary/aromatic N) is 1. The lowest BCUT2D eigenvalue weighted by Crippen LogP contribution is -2.19. The van der Waals surface area contributed by atoms with Crippen molar-refractivity contribution in [1.29, 1.82) is 0 Å². The summed E-state index contributed by atoms with van der Waals surface area (Å²) in [4.78, 5) is 27.8. The van der Waals surface area contributed by atoms with Gasteiger partial charge in [-0.15, -0.1) is 0 Å². The van der Waals surface area contributed by atoms with Gasteiger partial charge in [0, 0.05) is 5.02 Å². The van der Waals surface area contributed by atoms with Gasteiger partial charge in [-0.05, 0) is 69.7 Å². The number of methoxy groups -OCH3 is 1. The highest BCUT2D eigenvalue weighted by atomic mass is 79.9. The van der Waals surface area contributed by atoms with Gasteiger partial charge in [0.15, 0.2) is 23.3 Å². The molecule has 0 aliphatic carbocycles. The van der Waals surface area contributed by atoms with Crippen LogP contribution in [0.3, 0.4) is 0 Å². The highest BCUT2D eigenvalue weighted by Crippen LogP contribution is 2.38. The molecule has 156 valence electrons. The molecule has 7 nitrogen and oxygen atoms in total. The fraction of sp³-hybridized carbons (Fsp3) is 0.105. The molecule has 2 aromatic rings. The summed E-state index contributed by atoms with van der Waals surface area (Å²) >= 11 is 16.6. The second-order valence-corrected chi connectivity index (χ2v) is 8.52. The number of carboxylic acid groups (broad SMARTS) is 1. The van der Waals surface area contributed by atoms with Crippen LogP contribution in [0.25, 0.3) is 6.08 Å². The number of carboxylic acids is 1. The van der Waals surface area contributed by atoms with Gasteiger partial charge in [-0.3, -0.25) is 4.79 Å². The summed E-state index contributed by atoms with van der Waals surface area (Å²) in [6.45, 7) is -0.514. The summed E-state index contributed by atoms with van der Waals surface area (Å²) in [7, 11) is 1.43. The minimum absolute atomic E-state index is 0.253. The van der Waals surface area contributed by atoms with Gasteiger partial charge < -0.3 is 19.9 Å². The molecule has 0 unspecified atom stereocenters. The first-order chi connectivity index (χ1) is 14.3. The predicted molar refractivity (Wildman–Crippen MR) is 121 cm³/mol. The van der Waals surface area contributed by atoms with Crippen molar-refractivity contribution in [1.82, 2.24) is 5.32 Å². The van der Waals surface area contributed by atoms with Crippen LogP contribution in [0.2, 0.25) is 10.0 Å². The number of nitrogens with one attached hydrogen (secondary N) is 1. The maximum Gasteiger partial charge on any atom is 0.341 e. The third-order valence-corrected chi connectivity index (χ3v) is 5.72. The fourth-order valence-corrected chi connectivity index (χ4v) is 4.14. The van der Waals surface area contributed by atoms with Crippen molar-refractivity contribution in [2.75, 3.05) is 13.7 Å². The van der Waals surface area contributed by atoms with Crippen LogP contribution in [-0.2, 0) is 9.59 Å². The van der Waals surface area contributed by atoms with Crippen LogP contribution < -0.4 is 14.8 Å². The van der Waals surface area contributed by atoms with E-state index in [1.807, 2.05) is 0 Å². The minimum Gasteiger partial charge on any atom is -0.493 e. The van der Waals surface area contributed by atoms with Crippen LogP contribution in [0.4, 0.5) is 5.69 Å². The third-order valence-electron chi connectivity index (χ3n) is 3.67. The summed E-state index contributed by atoms with van der Waals surface area (Å²) in [6, 6.07) is 8.19. The van der Waals surface area contributed by atoms with Crippen molar-refractivity contribution in [2.24, 2.45) is 4.99 Å². The molecule has 0 bridgehead atoms. The van der Waals surface area contributed by atoms with E-state index in [0.29, 0.717) is 41.6 Å². The summed E-state index contributed by atoms with van der Waals surface area (Å²) < 4.78 is 11.0. The summed E-state index contributed by atoms with van der Waals surface area (Å²) in [6.07, 6.45) is 1.65. The molecule has 11 heteroatoms. The molecule has 2 N–H and O–H groups in total. The Kier molecular flexibility index (Phi) is 7.30. The molecule has 0 spiro atoms. The maximum absolute atomic E-state index is 12.3. The number of aliphatic carboxylic acids is 1. The number of benzene rings is 2. The number of thioether (sulfide) groups is 1. The van der Waals surface area contributed by atoms with Crippen molar-refractivity contribution in [3.8, 4) is 11.5 Å². The van der Waals surface area contributed by atoms with E-state index in [-0.39, 0.29) is 11.7 Å². The molecule has 30 heavy (non-hydrogen) atoms. The van der Waals surface area contributed by atoms with E-state index in [1.165, 1.54) is 7.11 Å². The molecule has 1 fully saturated rings. The number of rotatable bonds is 6. The van der Waals surface area contributed by atoms with Gasteiger partial charge in [0.25, 0.3) is 5.91 Å². The molecule has 1 aliphatic rings. The van der Waals surface area contributed by atoms with Gasteiger partial charge in [-0.2, -0.15) is 0 Å². The molecular weight excluding hydrogens is 519 g/mol. The number of carbonyl (C=O) groups is 2. The van der Waals surface area contributed by atoms with Crippen LogP contribution in [-0.4, -0.2) is 35.9 Å². The van der Waals surface area contributed by atoms with Gasteiger partial charge in [-0.25, -0.2) is 9.79 Å². The lowest BCUT2D eigenvalue weighted by Gasteiger charge is -2.12. The van der Waals surface area contributed by atoms with Gasteiger partial charge in [0.2, 0.25) is 0 Å². The first-order valence-electron chi connectivity index (χ1n) is 8.23. The molecule has 1 aliphatic heterocycles. The zero-order chi connectivity index (χ0) is 21.8. The Morgan fingerprint density at radius 2 is 2.10 bits per heavy atom. The van der Waals surface area contributed by atoms with Crippen LogP contribution in [0.5, 0.6) is 11.5 Å². The highest BCUT2D eigenvalue weighted by molar-refractivity contribution is 9.10. The molecule has 3 rings (SSSR count). The molecular formula is C19H13BrCl2N2O5S. The first-order valence-corrected chi connectivity index (χ1v) is 10.6. The normalized spacial score (nSPS) is 16.1. The van der Waals surface area contributed by atoms with Gasteiger partial charge in [0.1, 0.15) is 0 Å². The zero-order valence-corrected chi connectivity index (χ0v) is 19.2. The SMILES string of the molecule is COc1cc(/C=C2/SC(=Nc3cc(Cl)ccc3Cl)NC2=O)cc(Br)c1OCC(=O)O. The Bertz CT molecular complexity index is 1090. The summed E-state index contributed by atoms with van der Waals surface area (Å²) in [5, 5.41) is 12.7. The first kappa shape index (κ1) is 22.5. The average molecular weight is 532 g/mol. The Morgan fingerprint density at radius 1 is 1.33 bits per heavy atom. The molecule has 1 heterocycles. The number of amidine groups is 1. The van der Waals surface area contributed by atoms with E-state index in [1.54, 1.807) is 36.4 Å². The van der Waals surface area contributed by atoms with Crippen LogP contribution in [0.1, 0.15) is 5.56 Å². The second kappa shape index (κ2) is 9.74. The van der Waals surface area contributed by atoms with Crippen LogP contribution in [0.15, 0.2) is 44.7 Å². The quantitative estimate of drug-likeness (QED) is 0.502. The van der Waals surface area contributed by atoms with Gasteiger partial charge in [-0.1, -0.05) is 23.2 Å². The van der Waals surface area contributed by atoms with E-state index in [2.05, 4.69) is 26.2 Å². The Hall–Kier alpha value is -2.20. The summed E-state index contributed by atoms with van der Waals surface area (Å²) in [5.74, 6) is -0.858. The van der Waals surface area contributed by atoms with Crippen molar-refractivity contribution in [3.63, 3.8) is 0 Å². The maximum atomic E-state index is 12.3. The number of hydrogen-bond acceptors (Lipinski definition) is 6. The smallest absolute Gasteiger partial charge is 0.341 e. The van der Waals surface area contributed by atoms with Crippen molar-refractivity contribution in [2.45, 2.75) is 0 Å². The van der Waals surface area contributed by atoms with Crippen LogP contribution in [0, 0.1) is 0 Å². The number of halogens is 3. The minimum atomic E-state index is -1.11. The van der Waals surface area contributed by atoms with Crippen molar-refractivity contribution < 1.29 is 24.2 Å². The third kappa shape index (κ3) is 5.48. The van der Waals surface area contributed by atoms with E-state index in [4.69, 9.17) is 37.8 Å². The highest BCUT2D eigenvalue weighted by Gasteiger charge is 2.24. The Morgan fingerprint density at radius 3 is 2.80 bits per heavy atom. The number of ether oxygens (including phenoxy) is 2. The standard InChI is InChI=1S/C19H13BrCl2N2O5S/c1-28-14-5-9(4-11(20)17(14)29-8-16(25)26)6-15-18(27)24-19(30-15)23-13-7-10(21)2-3-12(13)22/h2-7H,8H2,1H3,(H,25,26)(H,23,24,27)/b15-6+. The monoisotopic (exact) mass is 530 g/mol.